The number of rotatable bonds is 3. The van der Waals surface area contributed by atoms with Crippen molar-refractivity contribution in [2.75, 3.05) is 7.11 Å². The summed E-state index contributed by atoms with van der Waals surface area (Å²) in [4.78, 5) is 10.9. The lowest BCUT2D eigenvalue weighted by Gasteiger charge is -2.03. The van der Waals surface area contributed by atoms with Crippen LogP contribution in [-0.2, 0) is 11.3 Å². The number of ketones is 1. The van der Waals surface area contributed by atoms with Gasteiger partial charge in [0.15, 0.2) is 5.78 Å². The fourth-order valence-electron chi connectivity index (χ4n) is 1.13. The molecule has 0 atom stereocenters. The second-order valence-electron chi connectivity index (χ2n) is 2.84. The third kappa shape index (κ3) is 2.29. The smallest absolute Gasteiger partial charge is 0.163 e. The molecule has 0 saturated carbocycles. The number of benzene rings is 1. The lowest BCUT2D eigenvalue weighted by Crippen LogP contribution is -1.94. The highest BCUT2D eigenvalue weighted by Crippen LogP contribution is 2.19. The number of hydrogen-bond donors (Lipinski definition) is 1. The van der Waals surface area contributed by atoms with Gasteiger partial charge in [-0.05, 0) is 24.6 Å². The molecule has 3 nitrogen and oxygen atoms in total. The maximum atomic E-state index is 10.9. The van der Waals surface area contributed by atoms with Crippen molar-refractivity contribution in [1.82, 2.24) is 0 Å². The molecule has 0 bridgehead atoms. The van der Waals surface area contributed by atoms with E-state index in [2.05, 4.69) is 0 Å². The van der Waals surface area contributed by atoms with Gasteiger partial charge in [0.2, 0.25) is 0 Å². The molecule has 1 N–H and O–H groups in total. The van der Waals surface area contributed by atoms with Gasteiger partial charge in [-0.2, -0.15) is 0 Å². The first kappa shape index (κ1) is 9.74. The number of Topliss-reactive ketones (excluding diaryl/α,β-unsaturated/α-hetero) is 1. The van der Waals surface area contributed by atoms with E-state index >= 15 is 0 Å². The average Bonchev–Trinajstić information content (AvgIpc) is 2.04. The Morgan fingerprint density at radius 3 is 2.69 bits per heavy atom. The molecule has 0 heterocycles. The largest absolute Gasteiger partial charge is 0.507 e. The summed E-state index contributed by atoms with van der Waals surface area (Å²) in [6.45, 7) is 1.86. The molecule has 1 rings (SSSR count). The Morgan fingerprint density at radius 2 is 2.23 bits per heavy atom. The minimum Gasteiger partial charge on any atom is -0.507 e. The first-order valence-electron chi connectivity index (χ1n) is 3.97. The predicted molar refractivity (Wildman–Crippen MR) is 48.8 cm³/mol. The minimum atomic E-state index is -0.138. The van der Waals surface area contributed by atoms with Crippen molar-refractivity contribution in [3.05, 3.63) is 29.3 Å². The van der Waals surface area contributed by atoms with Gasteiger partial charge in [0, 0.05) is 7.11 Å². The van der Waals surface area contributed by atoms with Gasteiger partial charge in [-0.25, -0.2) is 0 Å². The Morgan fingerprint density at radius 1 is 1.54 bits per heavy atom. The van der Waals surface area contributed by atoms with Crippen molar-refractivity contribution in [3.8, 4) is 5.75 Å². The van der Waals surface area contributed by atoms with Crippen molar-refractivity contribution in [2.45, 2.75) is 13.5 Å². The maximum Gasteiger partial charge on any atom is 0.163 e. The molecule has 0 radical (unpaired) electrons. The van der Waals surface area contributed by atoms with Crippen molar-refractivity contribution < 1.29 is 14.6 Å². The zero-order chi connectivity index (χ0) is 9.84. The molecular formula is C10H12O3. The molecule has 0 aliphatic heterocycles. The van der Waals surface area contributed by atoms with Gasteiger partial charge in [0.05, 0.1) is 12.2 Å². The molecule has 1 aromatic carbocycles. The lowest BCUT2D eigenvalue weighted by atomic mass is 10.1. The Balaban J connectivity index is 2.98. The Labute approximate surface area is 77.0 Å². The van der Waals surface area contributed by atoms with Crippen LogP contribution in [0.15, 0.2) is 18.2 Å². The van der Waals surface area contributed by atoms with Gasteiger partial charge < -0.3 is 9.84 Å². The van der Waals surface area contributed by atoms with Gasteiger partial charge in [0.1, 0.15) is 5.75 Å². The molecule has 0 aliphatic carbocycles. The summed E-state index contributed by atoms with van der Waals surface area (Å²) in [6, 6.07) is 4.91. The van der Waals surface area contributed by atoms with E-state index in [9.17, 15) is 9.90 Å². The number of hydrogen-bond acceptors (Lipinski definition) is 3. The second kappa shape index (κ2) is 4.05. The van der Waals surface area contributed by atoms with Crippen LogP contribution in [0, 0.1) is 0 Å². The summed E-state index contributed by atoms with van der Waals surface area (Å²) in [5.41, 5.74) is 1.20. The van der Waals surface area contributed by atoms with Gasteiger partial charge in [-0.15, -0.1) is 0 Å². The zero-order valence-corrected chi connectivity index (χ0v) is 7.70. The molecular weight excluding hydrogens is 168 g/mol. The lowest BCUT2D eigenvalue weighted by molar-refractivity contribution is 0.101. The number of ether oxygens (including phenoxy) is 1. The number of phenolic OH excluding ortho intramolecular Hbond substituents is 1. The number of methoxy groups -OCH3 is 1. The van der Waals surface area contributed by atoms with Crippen molar-refractivity contribution in [1.29, 1.82) is 0 Å². The van der Waals surface area contributed by atoms with Crippen LogP contribution in [0.1, 0.15) is 22.8 Å². The van der Waals surface area contributed by atoms with Gasteiger partial charge in [0.25, 0.3) is 0 Å². The van der Waals surface area contributed by atoms with E-state index in [0.717, 1.165) is 5.56 Å². The molecule has 0 spiro atoms. The van der Waals surface area contributed by atoms with Crippen LogP contribution in [-0.4, -0.2) is 18.0 Å². The quantitative estimate of drug-likeness (QED) is 0.721. The molecule has 0 unspecified atom stereocenters. The van der Waals surface area contributed by atoms with E-state index in [1.807, 2.05) is 0 Å². The van der Waals surface area contributed by atoms with E-state index in [1.54, 1.807) is 25.3 Å². The third-order valence-corrected chi connectivity index (χ3v) is 1.75. The van der Waals surface area contributed by atoms with Crippen LogP contribution in [0.3, 0.4) is 0 Å². The number of carbonyl (C=O) groups is 1. The van der Waals surface area contributed by atoms with Crippen LogP contribution in [0.5, 0.6) is 5.75 Å². The topological polar surface area (TPSA) is 46.5 Å². The Bertz CT molecular complexity index is 318. The van der Waals surface area contributed by atoms with E-state index in [-0.39, 0.29) is 11.5 Å². The number of aromatic hydroxyl groups is 1. The highest BCUT2D eigenvalue weighted by molar-refractivity contribution is 5.96. The standard InChI is InChI=1S/C10H12O3/c1-7(11)9-4-3-8(6-13-2)5-10(9)12/h3-5,12H,6H2,1-2H3. The van der Waals surface area contributed by atoms with Gasteiger partial charge in [-0.1, -0.05) is 6.07 Å². The first-order valence-corrected chi connectivity index (χ1v) is 3.97. The highest BCUT2D eigenvalue weighted by atomic mass is 16.5. The maximum absolute atomic E-state index is 10.9. The molecule has 1 aromatic rings. The Kier molecular flexibility index (Phi) is 3.03. The summed E-state index contributed by atoms with van der Waals surface area (Å²) in [6.07, 6.45) is 0. The van der Waals surface area contributed by atoms with Crippen LogP contribution in [0.4, 0.5) is 0 Å². The molecule has 13 heavy (non-hydrogen) atoms. The van der Waals surface area contributed by atoms with Crippen molar-refractivity contribution >= 4 is 5.78 Å². The van der Waals surface area contributed by atoms with Crippen LogP contribution < -0.4 is 0 Å². The molecule has 0 fully saturated rings. The van der Waals surface area contributed by atoms with E-state index in [0.29, 0.717) is 12.2 Å². The third-order valence-electron chi connectivity index (χ3n) is 1.75. The molecule has 0 amide bonds. The van der Waals surface area contributed by atoms with E-state index in [1.165, 1.54) is 6.92 Å². The summed E-state index contributed by atoms with van der Waals surface area (Å²) < 4.78 is 4.89. The van der Waals surface area contributed by atoms with Gasteiger partial charge in [-0.3, -0.25) is 4.79 Å². The fraction of sp³-hybridized carbons (Fsp3) is 0.300. The zero-order valence-electron chi connectivity index (χ0n) is 7.70. The van der Waals surface area contributed by atoms with E-state index in [4.69, 9.17) is 4.74 Å². The van der Waals surface area contributed by atoms with Gasteiger partial charge >= 0.3 is 0 Å². The summed E-state index contributed by atoms with van der Waals surface area (Å²) in [5, 5.41) is 9.41. The Hall–Kier alpha value is -1.35. The predicted octanol–water partition coefficient (Wildman–Crippen LogP) is 1.74. The average molecular weight is 180 g/mol. The van der Waals surface area contributed by atoms with Crippen LogP contribution in [0.2, 0.25) is 0 Å². The molecule has 0 saturated heterocycles. The molecule has 0 aliphatic rings. The van der Waals surface area contributed by atoms with E-state index < -0.39 is 0 Å². The van der Waals surface area contributed by atoms with Crippen LogP contribution in [0.25, 0.3) is 0 Å². The monoisotopic (exact) mass is 180 g/mol. The SMILES string of the molecule is COCc1ccc(C(C)=O)c(O)c1. The molecule has 70 valence electrons. The minimum absolute atomic E-state index is 0.0158. The summed E-state index contributed by atoms with van der Waals surface area (Å²) in [7, 11) is 1.58. The molecule has 3 heteroatoms. The number of carbonyl (C=O) groups excluding carboxylic acids is 1. The highest BCUT2D eigenvalue weighted by Gasteiger charge is 2.06. The van der Waals surface area contributed by atoms with Crippen LogP contribution >= 0.6 is 0 Å². The first-order chi connectivity index (χ1) is 6.15. The van der Waals surface area contributed by atoms with Crippen molar-refractivity contribution in [3.63, 3.8) is 0 Å². The number of phenols is 1. The summed E-state index contributed by atoms with van der Waals surface area (Å²) in [5.74, 6) is -0.122. The second-order valence-corrected chi connectivity index (χ2v) is 2.84. The fourth-order valence-corrected chi connectivity index (χ4v) is 1.13. The van der Waals surface area contributed by atoms with Crippen molar-refractivity contribution in [2.24, 2.45) is 0 Å². The normalized spacial score (nSPS) is 10.0. The molecule has 0 aromatic heterocycles. The summed E-state index contributed by atoms with van der Waals surface area (Å²) >= 11 is 0.